The van der Waals surface area contributed by atoms with Gasteiger partial charge in [-0.25, -0.2) is 0 Å². The summed E-state index contributed by atoms with van der Waals surface area (Å²) in [5, 5.41) is 3.73. The van der Waals surface area contributed by atoms with Crippen molar-refractivity contribution in [1.29, 1.82) is 0 Å². The first-order valence-corrected chi connectivity index (χ1v) is 13.8. The summed E-state index contributed by atoms with van der Waals surface area (Å²) < 4.78 is 2.29. The molecule has 4 heterocycles. The maximum Gasteiger partial charge on any atom is 0.253 e. The molecule has 0 radical (unpaired) electrons. The summed E-state index contributed by atoms with van der Waals surface area (Å²) in [4.78, 5) is 52.6. The average Bonchev–Trinajstić information content (AvgIpc) is 3.18. The van der Waals surface area contributed by atoms with Crippen molar-refractivity contribution in [1.82, 2.24) is 10.2 Å². The van der Waals surface area contributed by atoms with Crippen molar-refractivity contribution >= 4 is 94.9 Å². The van der Waals surface area contributed by atoms with Gasteiger partial charge in [0, 0.05) is 32.1 Å². The van der Waals surface area contributed by atoms with Crippen LogP contribution in [-0.2, 0) is 20.8 Å². The number of thiol groups is 1. The number of nitrogens with zero attached hydrogens (tertiary/aromatic N) is 1. The maximum absolute atomic E-state index is 13.0. The van der Waals surface area contributed by atoms with Gasteiger partial charge in [-0.05, 0) is 21.5 Å². The van der Waals surface area contributed by atoms with Crippen LogP contribution in [0.5, 0.6) is 0 Å². The Morgan fingerprint density at radius 3 is 2.67 bits per heavy atom. The molecule has 2 atom stereocenters. The standard InChI is InChI=1S/C22H15BrN2O4S4/c23-12-9-31-19-13(26)7-14(33-18(12)19)11-8-32-21-16(20(28)25(21)17(11)22(29)30)24-15(27)6-10-4-2-1-3-5-10/h1-5,7,9,16,21H,6,8H2,(H,24,27)(H,29,30)/t16?,21-/m1/s1. The van der Waals surface area contributed by atoms with E-state index < -0.39 is 11.2 Å². The van der Waals surface area contributed by atoms with Gasteiger partial charge in [0.1, 0.15) is 17.1 Å². The van der Waals surface area contributed by atoms with Crippen molar-refractivity contribution in [2.24, 2.45) is 0 Å². The summed E-state index contributed by atoms with van der Waals surface area (Å²) in [7, 11) is 0. The fourth-order valence-corrected chi connectivity index (χ4v) is 8.53. The molecule has 5 rings (SSSR count). The van der Waals surface area contributed by atoms with Crippen LogP contribution in [0.3, 0.4) is 0 Å². The Kier molecular flexibility index (Phi) is 6.25. The first-order chi connectivity index (χ1) is 15.8. The number of fused-ring (bicyclic) bond motifs is 2. The highest BCUT2D eigenvalue weighted by Crippen LogP contribution is 2.45. The number of rotatable bonds is 5. The predicted octanol–water partition coefficient (Wildman–Crippen LogP) is 3.90. The molecule has 33 heavy (non-hydrogen) atoms. The molecule has 1 aromatic carbocycles. The number of nitrogens with one attached hydrogen (secondary N) is 1. The van der Waals surface area contributed by atoms with Gasteiger partial charge in [0.2, 0.25) is 11.0 Å². The van der Waals surface area contributed by atoms with Crippen molar-refractivity contribution in [3.63, 3.8) is 0 Å². The van der Waals surface area contributed by atoms with Gasteiger partial charge in [-0.2, -0.15) is 0 Å². The fourth-order valence-electron chi connectivity index (χ4n) is 3.88. The normalized spacial score (nSPS) is 19.9. The smallest absolute Gasteiger partial charge is 0.253 e. The highest BCUT2D eigenvalue weighted by molar-refractivity contribution is 9.10. The second kappa shape index (κ2) is 9.03. The Bertz CT molecular complexity index is 1400. The molecule has 0 aliphatic carbocycles. The molecule has 6 nitrogen and oxygen atoms in total. The zero-order chi connectivity index (χ0) is 23.3. The highest BCUT2D eigenvalue weighted by atomic mass is 79.9. The van der Waals surface area contributed by atoms with Crippen LogP contribution in [0.25, 0.3) is 15.0 Å². The number of halogens is 1. The van der Waals surface area contributed by atoms with Gasteiger partial charge in [-0.15, -0.1) is 34.4 Å². The molecule has 3 aromatic rings. The van der Waals surface area contributed by atoms with Crippen molar-refractivity contribution in [2.45, 2.75) is 17.8 Å². The molecule has 2 aromatic heterocycles. The van der Waals surface area contributed by atoms with Crippen LogP contribution in [0.2, 0.25) is 0 Å². The molecule has 0 spiro atoms. The monoisotopic (exact) mass is 578 g/mol. The summed E-state index contributed by atoms with van der Waals surface area (Å²) in [5.41, 5.74) is 1.53. The molecule has 2 aliphatic rings. The lowest BCUT2D eigenvalue weighted by atomic mass is 10.0. The zero-order valence-electron chi connectivity index (χ0n) is 16.7. The van der Waals surface area contributed by atoms with Gasteiger partial charge in [0.05, 0.1) is 15.8 Å². The Balaban J connectivity index is 1.43. The van der Waals surface area contributed by atoms with Crippen molar-refractivity contribution in [3.8, 4) is 0 Å². The molecule has 1 saturated heterocycles. The second-order valence-electron chi connectivity index (χ2n) is 7.47. The third-order valence-electron chi connectivity index (χ3n) is 5.39. The van der Waals surface area contributed by atoms with Gasteiger partial charge in [0.25, 0.3) is 5.91 Å². The molecule has 0 bridgehead atoms. The minimum Gasteiger partial charge on any atom is -0.341 e. The maximum atomic E-state index is 13.0. The number of carbonyl (C=O) groups excluding carboxylic acids is 3. The number of thioether (sulfide) groups is 1. The number of hydrogen-bond acceptors (Lipinski definition) is 7. The molecule has 1 fully saturated rings. The molecule has 2 amide bonds. The molecule has 1 N–H and O–H groups in total. The van der Waals surface area contributed by atoms with E-state index in [0.29, 0.717) is 20.9 Å². The molecular formula is C22H15BrN2O4S4. The van der Waals surface area contributed by atoms with Crippen LogP contribution in [-0.4, -0.2) is 39.0 Å². The Morgan fingerprint density at radius 2 is 1.94 bits per heavy atom. The number of thiophene rings is 1. The topological polar surface area (TPSA) is 83.6 Å². The quantitative estimate of drug-likeness (QED) is 0.354. The summed E-state index contributed by atoms with van der Waals surface area (Å²) in [6.07, 6.45) is 0.172. The van der Waals surface area contributed by atoms with Crippen molar-refractivity contribution in [2.75, 3.05) is 5.75 Å². The van der Waals surface area contributed by atoms with E-state index in [9.17, 15) is 19.2 Å². The lowest BCUT2D eigenvalue weighted by molar-refractivity contribution is -0.146. The van der Waals surface area contributed by atoms with E-state index in [2.05, 4.69) is 33.9 Å². The molecule has 11 heteroatoms. The van der Waals surface area contributed by atoms with Crippen molar-refractivity contribution in [3.05, 3.63) is 72.6 Å². The van der Waals surface area contributed by atoms with Gasteiger partial charge in [0.15, 0.2) is 5.43 Å². The van der Waals surface area contributed by atoms with Crippen LogP contribution in [0, 0.1) is 0 Å². The summed E-state index contributed by atoms with van der Waals surface area (Å²) in [6.45, 7) is 0. The molecular weight excluding hydrogens is 564 g/mol. The van der Waals surface area contributed by atoms with Gasteiger partial charge in [-0.1, -0.05) is 43.0 Å². The van der Waals surface area contributed by atoms with Crippen molar-refractivity contribution < 1.29 is 14.4 Å². The Morgan fingerprint density at radius 1 is 1.18 bits per heavy atom. The van der Waals surface area contributed by atoms with E-state index in [1.807, 2.05) is 35.7 Å². The molecule has 168 valence electrons. The first-order valence-electron chi connectivity index (χ1n) is 9.81. The Labute approximate surface area is 214 Å². The van der Waals surface area contributed by atoms with E-state index in [-0.39, 0.29) is 34.7 Å². The fraction of sp³-hybridized carbons (Fsp3) is 0.182. The Hall–Kier alpha value is -1.92. The van der Waals surface area contributed by atoms with E-state index in [4.69, 9.17) is 0 Å². The highest BCUT2D eigenvalue weighted by Gasteiger charge is 2.53. The van der Waals surface area contributed by atoms with Crippen LogP contribution < -0.4 is 10.7 Å². The van der Waals surface area contributed by atoms with Crippen LogP contribution in [0.4, 0.5) is 0 Å². The van der Waals surface area contributed by atoms with E-state index in [1.54, 1.807) is 0 Å². The van der Waals surface area contributed by atoms with Gasteiger partial charge < -0.3 is 5.32 Å². The largest absolute Gasteiger partial charge is 0.341 e. The van der Waals surface area contributed by atoms with Gasteiger partial charge >= 0.3 is 0 Å². The van der Waals surface area contributed by atoms with Crippen LogP contribution >= 0.6 is 63.0 Å². The van der Waals surface area contributed by atoms with E-state index in [0.717, 1.165) is 14.7 Å². The molecule has 2 aliphatic heterocycles. The zero-order valence-corrected chi connectivity index (χ0v) is 21.7. The predicted molar refractivity (Wildman–Crippen MR) is 140 cm³/mol. The third-order valence-corrected chi connectivity index (χ3v) is 10.4. The summed E-state index contributed by atoms with van der Waals surface area (Å²) in [5.74, 6) is -0.183. The summed E-state index contributed by atoms with van der Waals surface area (Å²) >= 11 is 11.7. The lowest BCUT2D eigenvalue weighted by Gasteiger charge is -2.49. The SMILES string of the molecule is O=C(Cc1ccccc1)NC1C(=O)N2C(C(=O)S)=C(c3cc(=O)c4scc(Br)c4s3)CS[C@H]12. The van der Waals surface area contributed by atoms with E-state index in [1.165, 1.54) is 45.4 Å². The number of carbonyl (C=O) groups is 3. The third kappa shape index (κ3) is 4.10. The average molecular weight is 580 g/mol. The number of benzene rings is 1. The number of hydrogen-bond donors (Lipinski definition) is 2. The minimum atomic E-state index is -0.706. The van der Waals surface area contributed by atoms with E-state index >= 15 is 0 Å². The number of β-lactam (4-membered cyclic amide) rings is 1. The van der Waals surface area contributed by atoms with Crippen LogP contribution in [0.1, 0.15) is 10.4 Å². The summed E-state index contributed by atoms with van der Waals surface area (Å²) in [6, 6.07) is 10.1. The first kappa shape index (κ1) is 22.9. The van der Waals surface area contributed by atoms with Crippen LogP contribution in [0.15, 0.2) is 56.7 Å². The second-order valence-corrected chi connectivity index (χ2v) is 11.8. The minimum absolute atomic E-state index is 0.124. The lowest BCUT2D eigenvalue weighted by Crippen LogP contribution is -2.70. The number of amides is 2. The van der Waals surface area contributed by atoms with Gasteiger partial charge in [-0.3, -0.25) is 24.1 Å². The molecule has 1 unspecified atom stereocenters. The molecule has 0 saturated carbocycles.